The molecule has 5 nitrogen and oxygen atoms in total. The van der Waals surface area contributed by atoms with Gasteiger partial charge >= 0.3 is 0 Å². The molecule has 0 bridgehead atoms. The number of nitriles is 1. The Balaban J connectivity index is 2.24. The summed E-state index contributed by atoms with van der Waals surface area (Å²) in [5.41, 5.74) is 0.801. The fourth-order valence-electron chi connectivity index (χ4n) is 2.75. The predicted octanol–water partition coefficient (Wildman–Crippen LogP) is 3.83. The summed E-state index contributed by atoms with van der Waals surface area (Å²) < 4.78 is 11.8. The number of carbonyl (C=O) groups is 1. The number of ether oxygens (including phenoxy) is 2. The van der Waals surface area contributed by atoms with E-state index in [2.05, 4.69) is 34.5 Å². The number of hydrogen-bond donors (Lipinski definition) is 1. The number of nitrogens with one attached hydrogen (secondary N) is 1. The molecule has 1 aliphatic carbocycles. The minimum Gasteiger partial charge on any atom is -0.493 e. The summed E-state index contributed by atoms with van der Waals surface area (Å²) in [4.78, 5) is 12.3. The third-order valence-corrected chi connectivity index (χ3v) is 4.77. The maximum atomic E-state index is 12.3. The van der Waals surface area contributed by atoms with Crippen LogP contribution < -0.4 is 14.8 Å². The molecule has 0 atom stereocenters. The lowest BCUT2D eigenvalue weighted by Crippen LogP contribution is -2.33. The number of carbonyl (C=O) groups excluding carboxylic acids is 1. The van der Waals surface area contributed by atoms with E-state index in [4.69, 9.17) is 9.47 Å². The lowest BCUT2D eigenvalue weighted by molar-refractivity contribution is -0.117. The molecule has 0 heterocycles. The van der Waals surface area contributed by atoms with Crippen LogP contribution in [0.5, 0.6) is 11.5 Å². The van der Waals surface area contributed by atoms with Crippen LogP contribution in [0.1, 0.15) is 31.2 Å². The van der Waals surface area contributed by atoms with E-state index < -0.39 is 0 Å². The Morgan fingerprint density at radius 2 is 2.20 bits per heavy atom. The topological polar surface area (TPSA) is 71.3 Å². The SMILES string of the molecule is C=CCOc1c(I)cc(/C=C(\C#N)C(=O)NC2CCCC2)cc1OC. The second-order valence-electron chi connectivity index (χ2n) is 5.76. The lowest BCUT2D eigenvalue weighted by Gasteiger charge is -2.13. The molecule has 1 aliphatic rings. The van der Waals surface area contributed by atoms with Gasteiger partial charge in [0.1, 0.15) is 18.2 Å². The number of benzene rings is 1. The molecule has 1 fully saturated rings. The van der Waals surface area contributed by atoms with Gasteiger partial charge in [0.05, 0.1) is 10.7 Å². The average Bonchev–Trinajstić information content (AvgIpc) is 3.11. The van der Waals surface area contributed by atoms with Crippen LogP contribution in [0, 0.1) is 14.9 Å². The van der Waals surface area contributed by atoms with Gasteiger partial charge in [0, 0.05) is 6.04 Å². The van der Waals surface area contributed by atoms with Gasteiger partial charge in [0.2, 0.25) is 0 Å². The quantitative estimate of drug-likeness (QED) is 0.296. The summed E-state index contributed by atoms with van der Waals surface area (Å²) in [6.45, 7) is 4.00. The maximum absolute atomic E-state index is 12.3. The smallest absolute Gasteiger partial charge is 0.262 e. The third kappa shape index (κ3) is 5.23. The lowest BCUT2D eigenvalue weighted by atomic mass is 10.1. The van der Waals surface area contributed by atoms with E-state index in [0.29, 0.717) is 23.7 Å². The number of rotatable bonds is 7. The minimum atomic E-state index is -0.324. The van der Waals surface area contributed by atoms with Crippen LogP contribution in [0.2, 0.25) is 0 Å². The van der Waals surface area contributed by atoms with E-state index >= 15 is 0 Å². The van der Waals surface area contributed by atoms with Gasteiger partial charge in [0.25, 0.3) is 5.91 Å². The normalized spacial score (nSPS) is 14.7. The highest BCUT2D eigenvalue weighted by atomic mass is 127. The molecule has 25 heavy (non-hydrogen) atoms. The van der Waals surface area contributed by atoms with Crippen LogP contribution in [-0.4, -0.2) is 25.7 Å². The Morgan fingerprint density at radius 1 is 1.48 bits per heavy atom. The van der Waals surface area contributed by atoms with E-state index in [-0.39, 0.29) is 17.5 Å². The Morgan fingerprint density at radius 3 is 2.80 bits per heavy atom. The molecule has 0 aromatic heterocycles. The van der Waals surface area contributed by atoms with Crippen LogP contribution in [0.3, 0.4) is 0 Å². The molecule has 132 valence electrons. The number of methoxy groups -OCH3 is 1. The number of hydrogen-bond acceptors (Lipinski definition) is 4. The van der Waals surface area contributed by atoms with Gasteiger partial charge in [-0.25, -0.2) is 0 Å². The summed E-state index contributed by atoms with van der Waals surface area (Å²) in [6.07, 6.45) is 7.43. The third-order valence-electron chi connectivity index (χ3n) is 3.96. The van der Waals surface area contributed by atoms with E-state index in [9.17, 15) is 10.1 Å². The van der Waals surface area contributed by atoms with Crippen LogP contribution >= 0.6 is 22.6 Å². The molecule has 0 saturated heterocycles. The number of amides is 1. The molecule has 0 spiro atoms. The first kappa shape index (κ1) is 19.3. The highest BCUT2D eigenvalue weighted by Crippen LogP contribution is 2.34. The Kier molecular flexibility index (Phi) is 7.31. The van der Waals surface area contributed by atoms with Crippen LogP contribution in [0.4, 0.5) is 0 Å². The highest BCUT2D eigenvalue weighted by Gasteiger charge is 2.19. The summed E-state index contributed by atoms with van der Waals surface area (Å²) in [5.74, 6) is 0.845. The van der Waals surface area contributed by atoms with E-state index in [0.717, 1.165) is 29.3 Å². The maximum Gasteiger partial charge on any atom is 0.262 e. The van der Waals surface area contributed by atoms with Crippen molar-refractivity contribution in [3.05, 3.63) is 39.5 Å². The number of nitrogens with zero attached hydrogens (tertiary/aromatic N) is 1. The standard InChI is InChI=1S/C19H21IN2O3/c1-3-8-25-18-16(20)10-13(11-17(18)24-2)9-14(12-21)19(23)22-15-6-4-5-7-15/h3,9-11,15H,1,4-8H2,2H3,(H,22,23)/b14-9+. The van der Waals surface area contributed by atoms with Gasteiger partial charge in [-0.05, 0) is 59.2 Å². The average molecular weight is 452 g/mol. The van der Waals surface area contributed by atoms with Gasteiger partial charge in [-0.1, -0.05) is 25.5 Å². The molecule has 1 aromatic rings. The monoisotopic (exact) mass is 452 g/mol. The van der Waals surface area contributed by atoms with Crippen molar-refractivity contribution >= 4 is 34.6 Å². The summed E-state index contributed by atoms with van der Waals surface area (Å²) in [5, 5.41) is 12.3. The molecule has 0 radical (unpaired) electrons. The fraction of sp³-hybridized carbons (Fsp3) is 0.368. The van der Waals surface area contributed by atoms with Crippen molar-refractivity contribution in [2.24, 2.45) is 0 Å². The number of halogens is 1. The molecule has 1 amide bonds. The minimum absolute atomic E-state index is 0.0875. The van der Waals surface area contributed by atoms with Crippen LogP contribution in [0.25, 0.3) is 6.08 Å². The molecule has 1 N–H and O–H groups in total. The van der Waals surface area contributed by atoms with Crippen molar-refractivity contribution in [2.45, 2.75) is 31.7 Å². The molecule has 6 heteroatoms. The first-order valence-corrected chi connectivity index (χ1v) is 9.20. The zero-order valence-corrected chi connectivity index (χ0v) is 16.3. The molecule has 1 saturated carbocycles. The molecule has 0 aliphatic heterocycles. The summed E-state index contributed by atoms with van der Waals surface area (Å²) in [7, 11) is 1.55. The first-order valence-electron chi connectivity index (χ1n) is 8.13. The second-order valence-corrected chi connectivity index (χ2v) is 6.92. The van der Waals surface area contributed by atoms with Gasteiger partial charge in [-0.3, -0.25) is 4.79 Å². The van der Waals surface area contributed by atoms with E-state index in [1.807, 2.05) is 12.1 Å². The summed E-state index contributed by atoms with van der Waals surface area (Å²) >= 11 is 2.14. The van der Waals surface area contributed by atoms with Crippen molar-refractivity contribution < 1.29 is 14.3 Å². The zero-order chi connectivity index (χ0) is 18.2. The van der Waals surface area contributed by atoms with Crippen LogP contribution in [0.15, 0.2) is 30.4 Å². The van der Waals surface area contributed by atoms with Crippen molar-refractivity contribution in [3.8, 4) is 17.6 Å². The second kappa shape index (κ2) is 9.47. The van der Waals surface area contributed by atoms with Gasteiger partial charge in [0.15, 0.2) is 11.5 Å². The molecular formula is C19H21IN2O3. The fourth-order valence-corrected chi connectivity index (χ4v) is 3.54. The highest BCUT2D eigenvalue weighted by molar-refractivity contribution is 14.1. The van der Waals surface area contributed by atoms with Crippen molar-refractivity contribution in [1.29, 1.82) is 5.26 Å². The summed E-state index contributed by atoms with van der Waals surface area (Å²) in [6, 6.07) is 5.77. The zero-order valence-electron chi connectivity index (χ0n) is 14.2. The largest absolute Gasteiger partial charge is 0.493 e. The van der Waals surface area contributed by atoms with Gasteiger partial charge < -0.3 is 14.8 Å². The Hall–Kier alpha value is -2.01. The van der Waals surface area contributed by atoms with E-state index in [1.54, 1.807) is 25.3 Å². The van der Waals surface area contributed by atoms with Crippen molar-refractivity contribution in [1.82, 2.24) is 5.32 Å². The van der Waals surface area contributed by atoms with Crippen molar-refractivity contribution in [3.63, 3.8) is 0 Å². The van der Waals surface area contributed by atoms with Crippen molar-refractivity contribution in [2.75, 3.05) is 13.7 Å². The molecule has 0 unspecified atom stereocenters. The molecular weight excluding hydrogens is 431 g/mol. The predicted molar refractivity (Wildman–Crippen MR) is 105 cm³/mol. The first-order chi connectivity index (χ1) is 12.1. The van der Waals surface area contributed by atoms with E-state index in [1.165, 1.54) is 0 Å². The Bertz CT molecular complexity index is 716. The van der Waals surface area contributed by atoms with Gasteiger partial charge in [-0.15, -0.1) is 0 Å². The van der Waals surface area contributed by atoms with Crippen LogP contribution in [-0.2, 0) is 4.79 Å². The van der Waals surface area contributed by atoms with Gasteiger partial charge in [-0.2, -0.15) is 5.26 Å². The Labute approximate surface area is 161 Å². The molecule has 1 aromatic carbocycles. The molecule has 2 rings (SSSR count).